The van der Waals surface area contributed by atoms with Gasteiger partial charge in [0.1, 0.15) is 0 Å². The molecule has 0 saturated carbocycles. The second-order valence-electron chi connectivity index (χ2n) is 14.0. The SMILES string of the molecule is C1=C2c3ccccc3C3=CC=C4c5c(c(-c6ccc7ccccc7n6)c6cc7ccccc7cc6c5-c5ccc6ccccc6n5)C(=C1)C4C23. The van der Waals surface area contributed by atoms with Gasteiger partial charge in [0.15, 0.2) is 0 Å². The summed E-state index contributed by atoms with van der Waals surface area (Å²) >= 11 is 0. The van der Waals surface area contributed by atoms with E-state index in [1.54, 1.807) is 0 Å². The van der Waals surface area contributed by atoms with Crippen molar-refractivity contribution in [3.05, 3.63) is 180 Å². The van der Waals surface area contributed by atoms with Crippen LogP contribution >= 0.6 is 0 Å². The summed E-state index contributed by atoms with van der Waals surface area (Å²) in [6, 6.07) is 48.4. The summed E-state index contributed by atoms with van der Waals surface area (Å²) < 4.78 is 0. The van der Waals surface area contributed by atoms with Gasteiger partial charge in [0.2, 0.25) is 0 Å². The molecule has 2 heteroatoms. The van der Waals surface area contributed by atoms with Crippen LogP contribution < -0.4 is 0 Å². The third-order valence-corrected chi connectivity index (χ3v) is 11.6. The first-order chi connectivity index (χ1) is 24.8. The lowest BCUT2D eigenvalue weighted by molar-refractivity contribution is 0.758. The number of allylic oxidation sites excluding steroid dienone is 8. The smallest absolute Gasteiger partial charge is 0.0722 e. The molecule has 4 aliphatic carbocycles. The summed E-state index contributed by atoms with van der Waals surface area (Å²) in [6.45, 7) is 0. The second-order valence-corrected chi connectivity index (χ2v) is 14.0. The first-order valence-corrected chi connectivity index (χ1v) is 17.5. The molecule has 2 aromatic heterocycles. The molecule has 50 heavy (non-hydrogen) atoms. The monoisotopic (exact) mass is 632 g/mol. The number of pyridine rings is 2. The summed E-state index contributed by atoms with van der Waals surface area (Å²) in [6.07, 6.45) is 9.67. The Kier molecular flexibility index (Phi) is 5.11. The van der Waals surface area contributed by atoms with Crippen LogP contribution in [0.3, 0.4) is 0 Å². The van der Waals surface area contributed by atoms with E-state index < -0.39 is 0 Å². The van der Waals surface area contributed by atoms with Crippen LogP contribution in [0.1, 0.15) is 22.3 Å². The molecule has 0 N–H and O–H groups in total. The predicted molar refractivity (Wildman–Crippen MR) is 208 cm³/mol. The lowest BCUT2D eigenvalue weighted by Crippen LogP contribution is -2.17. The molecule has 0 atom stereocenters. The van der Waals surface area contributed by atoms with Crippen LogP contribution in [0.2, 0.25) is 0 Å². The van der Waals surface area contributed by atoms with Crippen molar-refractivity contribution in [2.45, 2.75) is 0 Å². The standard InChI is InChI=1S/C48H28N2/c1-2-12-30-26-38-37(25-29(30)11-1)45(41-23-17-27-9-3-7-15-39(27)49-41)47-35-21-19-33-31-13-5-6-14-32(31)34-20-22-36(44(35)43(33)34)48(47)46(38)42-24-18-28-10-4-8-16-40(28)50-42/h1-26,43-44H. The van der Waals surface area contributed by atoms with Crippen LogP contribution in [0.15, 0.2) is 158 Å². The first kappa shape index (κ1) is 26.6. The Hall–Kier alpha value is -6.38. The van der Waals surface area contributed by atoms with Gasteiger partial charge in [-0.15, -0.1) is 0 Å². The van der Waals surface area contributed by atoms with Gasteiger partial charge in [0, 0.05) is 33.7 Å². The van der Waals surface area contributed by atoms with Crippen molar-refractivity contribution in [2.24, 2.45) is 11.8 Å². The summed E-state index contributed by atoms with van der Waals surface area (Å²) in [4.78, 5) is 10.8. The maximum Gasteiger partial charge on any atom is 0.0722 e. The fourth-order valence-corrected chi connectivity index (χ4v) is 9.50. The number of nitrogens with zero attached hydrogens (tertiary/aromatic N) is 2. The van der Waals surface area contributed by atoms with Crippen molar-refractivity contribution < 1.29 is 0 Å². The maximum absolute atomic E-state index is 5.40. The molecular weight excluding hydrogens is 605 g/mol. The lowest BCUT2D eigenvalue weighted by atomic mass is 9.72. The van der Waals surface area contributed by atoms with E-state index >= 15 is 0 Å². The minimum atomic E-state index is 0.224. The van der Waals surface area contributed by atoms with Crippen LogP contribution in [0.25, 0.3) is 88.2 Å². The zero-order chi connectivity index (χ0) is 32.5. The van der Waals surface area contributed by atoms with E-state index in [1.165, 1.54) is 77.2 Å². The molecule has 0 radical (unpaired) electrons. The van der Waals surface area contributed by atoms with Crippen molar-refractivity contribution in [2.75, 3.05) is 0 Å². The normalized spacial score (nSPS) is 18.1. The van der Waals surface area contributed by atoms with E-state index in [0.717, 1.165) is 33.2 Å². The highest BCUT2D eigenvalue weighted by molar-refractivity contribution is 6.22. The van der Waals surface area contributed by atoms with Crippen molar-refractivity contribution >= 4 is 65.6 Å². The number of benzene rings is 6. The average molecular weight is 633 g/mol. The Morgan fingerprint density at radius 1 is 0.340 bits per heavy atom. The second kappa shape index (κ2) is 9.62. The first-order valence-electron chi connectivity index (χ1n) is 17.5. The molecule has 0 bridgehead atoms. The number of hydrogen-bond donors (Lipinski definition) is 0. The maximum atomic E-state index is 5.40. The summed E-state index contributed by atoms with van der Waals surface area (Å²) in [7, 11) is 0. The van der Waals surface area contributed by atoms with Crippen LogP contribution in [-0.2, 0) is 0 Å². The molecule has 230 valence electrons. The molecular formula is C48H28N2. The zero-order valence-corrected chi connectivity index (χ0v) is 27.1. The third-order valence-electron chi connectivity index (χ3n) is 11.6. The molecule has 0 saturated heterocycles. The van der Waals surface area contributed by atoms with E-state index in [1.807, 2.05) is 0 Å². The fraction of sp³-hybridized carbons (Fsp3) is 0.0417. The van der Waals surface area contributed by atoms with E-state index in [0.29, 0.717) is 0 Å². The van der Waals surface area contributed by atoms with E-state index in [-0.39, 0.29) is 11.8 Å². The van der Waals surface area contributed by atoms with Crippen LogP contribution in [0.4, 0.5) is 0 Å². The molecule has 12 rings (SSSR count). The van der Waals surface area contributed by atoms with Gasteiger partial charge in [-0.1, -0.05) is 121 Å². The number of para-hydroxylation sites is 2. The molecule has 2 heterocycles. The van der Waals surface area contributed by atoms with E-state index in [9.17, 15) is 0 Å². The summed E-state index contributed by atoms with van der Waals surface area (Å²) in [5.41, 5.74) is 17.5. The Labute approximate surface area is 289 Å². The van der Waals surface area contributed by atoms with E-state index in [4.69, 9.17) is 9.97 Å². The molecule has 8 aromatic rings. The van der Waals surface area contributed by atoms with Gasteiger partial charge in [-0.3, -0.25) is 0 Å². The number of aromatic nitrogens is 2. The third kappa shape index (κ3) is 3.42. The predicted octanol–water partition coefficient (Wildman–Crippen LogP) is 11.9. The number of fused-ring (bicyclic) bond motifs is 10. The highest BCUT2D eigenvalue weighted by atomic mass is 14.7. The highest BCUT2D eigenvalue weighted by Crippen LogP contribution is 2.66. The van der Waals surface area contributed by atoms with Gasteiger partial charge in [0.25, 0.3) is 0 Å². The van der Waals surface area contributed by atoms with Crippen LogP contribution in [0.5, 0.6) is 0 Å². The molecule has 0 unspecified atom stereocenters. The number of rotatable bonds is 2. The Bertz CT molecular complexity index is 2790. The topological polar surface area (TPSA) is 25.8 Å². The molecule has 0 amide bonds. The van der Waals surface area contributed by atoms with Gasteiger partial charge in [-0.25, -0.2) is 9.97 Å². The fourth-order valence-electron chi connectivity index (χ4n) is 9.50. The minimum absolute atomic E-state index is 0.224. The molecule has 0 aliphatic heterocycles. The molecule has 0 fully saturated rings. The highest BCUT2D eigenvalue weighted by Gasteiger charge is 2.49. The van der Waals surface area contributed by atoms with E-state index in [2.05, 4.69) is 158 Å². The van der Waals surface area contributed by atoms with Gasteiger partial charge in [0.05, 0.1) is 22.4 Å². The van der Waals surface area contributed by atoms with Gasteiger partial charge in [-0.2, -0.15) is 0 Å². The van der Waals surface area contributed by atoms with Gasteiger partial charge >= 0.3 is 0 Å². The van der Waals surface area contributed by atoms with Crippen LogP contribution in [0, 0.1) is 11.8 Å². The molecule has 4 aliphatic rings. The minimum Gasteiger partial charge on any atom is -0.248 e. The summed E-state index contributed by atoms with van der Waals surface area (Å²) in [5.74, 6) is 0.513. The lowest BCUT2D eigenvalue weighted by Gasteiger charge is -2.30. The van der Waals surface area contributed by atoms with Crippen LogP contribution in [-0.4, -0.2) is 9.97 Å². The van der Waals surface area contributed by atoms with Crippen molar-refractivity contribution in [1.82, 2.24) is 9.97 Å². The quantitative estimate of drug-likeness (QED) is 0.177. The van der Waals surface area contributed by atoms with Gasteiger partial charge < -0.3 is 0 Å². The molecule has 2 nitrogen and oxygen atoms in total. The largest absolute Gasteiger partial charge is 0.248 e. The zero-order valence-electron chi connectivity index (χ0n) is 27.1. The Morgan fingerprint density at radius 3 is 1.24 bits per heavy atom. The molecule has 0 spiro atoms. The summed E-state index contributed by atoms with van der Waals surface area (Å²) in [5, 5.41) is 7.19. The average Bonchev–Trinajstić information content (AvgIpc) is 3.68. The Morgan fingerprint density at radius 2 is 0.740 bits per heavy atom. The number of hydrogen-bond acceptors (Lipinski definition) is 2. The molecule has 6 aromatic carbocycles. The van der Waals surface area contributed by atoms with Crippen molar-refractivity contribution in [1.29, 1.82) is 0 Å². The van der Waals surface area contributed by atoms with Crippen molar-refractivity contribution in [3.63, 3.8) is 0 Å². The van der Waals surface area contributed by atoms with Crippen molar-refractivity contribution in [3.8, 4) is 22.5 Å². The van der Waals surface area contributed by atoms with Gasteiger partial charge in [-0.05, 0) is 102 Å². The Balaban J connectivity index is 1.27.